The van der Waals surface area contributed by atoms with E-state index in [-0.39, 0.29) is 21.5 Å². The number of thiazole rings is 1. The van der Waals surface area contributed by atoms with Crippen LogP contribution >= 0.6 is 22.9 Å². The zero-order chi connectivity index (χ0) is 17.5. The SMILES string of the molecule is Cc1csc(-c2ccc(OS(=O)(=O)c3c(C)nn(C)c3Cl)cc2)n1. The summed E-state index contributed by atoms with van der Waals surface area (Å²) in [5.74, 6) is 0.200. The van der Waals surface area contributed by atoms with Gasteiger partial charge in [0.1, 0.15) is 15.9 Å². The van der Waals surface area contributed by atoms with Gasteiger partial charge >= 0.3 is 10.1 Å². The van der Waals surface area contributed by atoms with Crippen LogP contribution in [0, 0.1) is 13.8 Å². The van der Waals surface area contributed by atoms with Crippen LogP contribution in [0.1, 0.15) is 11.4 Å². The molecule has 0 N–H and O–H groups in total. The number of hydrogen-bond acceptors (Lipinski definition) is 6. The average Bonchev–Trinajstić information content (AvgIpc) is 3.03. The maximum absolute atomic E-state index is 12.4. The fraction of sp³-hybridized carbons (Fsp3) is 0.200. The van der Waals surface area contributed by atoms with Gasteiger partial charge in [-0.15, -0.1) is 11.3 Å². The Hall–Kier alpha value is -1.90. The molecule has 0 fully saturated rings. The van der Waals surface area contributed by atoms with Crippen molar-refractivity contribution >= 4 is 33.1 Å². The van der Waals surface area contributed by atoms with Gasteiger partial charge in [0.05, 0.1) is 5.69 Å². The third-order valence-corrected chi connectivity index (χ3v) is 6.23. The van der Waals surface area contributed by atoms with Crippen molar-refractivity contribution in [2.24, 2.45) is 7.05 Å². The highest BCUT2D eigenvalue weighted by atomic mass is 35.5. The number of aromatic nitrogens is 3. The van der Waals surface area contributed by atoms with Gasteiger partial charge in [-0.2, -0.15) is 13.5 Å². The summed E-state index contributed by atoms with van der Waals surface area (Å²) in [4.78, 5) is 4.27. The highest BCUT2D eigenvalue weighted by molar-refractivity contribution is 7.87. The summed E-state index contributed by atoms with van der Waals surface area (Å²) in [5, 5.41) is 6.83. The first-order valence-electron chi connectivity index (χ1n) is 6.94. The minimum Gasteiger partial charge on any atom is -0.379 e. The molecule has 0 radical (unpaired) electrons. The minimum absolute atomic E-state index is 0.0161. The molecule has 1 aromatic carbocycles. The van der Waals surface area contributed by atoms with Gasteiger partial charge < -0.3 is 4.18 Å². The third kappa shape index (κ3) is 3.17. The Bertz CT molecular complexity index is 992. The molecule has 0 aliphatic heterocycles. The van der Waals surface area contributed by atoms with Gasteiger partial charge in [-0.1, -0.05) is 11.6 Å². The Balaban J connectivity index is 1.88. The van der Waals surface area contributed by atoms with Crippen LogP contribution < -0.4 is 4.18 Å². The van der Waals surface area contributed by atoms with Gasteiger partial charge in [0, 0.05) is 23.7 Å². The van der Waals surface area contributed by atoms with E-state index in [0.29, 0.717) is 0 Å². The van der Waals surface area contributed by atoms with Gasteiger partial charge in [-0.05, 0) is 38.1 Å². The fourth-order valence-electron chi connectivity index (χ4n) is 2.20. The maximum Gasteiger partial charge on any atom is 0.344 e. The fourth-order valence-corrected chi connectivity index (χ4v) is 4.65. The number of halogens is 1. The first-order valence-corrected chi connectivity index (χ1v) is 9.60. The van der Waals surface area contributed by atoms with Crippen molar-refractivity contribution in [3.63, 3.8) is 0 Å². The second-order valence-corrected chi connectivity index (χ2v) is 7.88. The lowest BCUT2D eigenvalue weighted by molar-refractivity contribution is 0.485. The molecule has 6 nitrogen and oxygen atoms in total. The lowest BCUT2D eigenvalue weighted by Gasteiger charge is -2.07. The summed E-state index contributed by atoms with van der Waals surface area (Å²) in [6.45, 7) is 3.49. The molecule has 0 bridgehead atoms. The van der Waals surface area contributed by atoms with Crippen LogP contribution in [0.2, 0.25) is 5.15 Å². The molecule has 9 heteroatoms. The zero-order valence-corrected chi connectivity index (χ0v) is 15.5. The molecule has 3 aromatic rings. The van der Waals surface area contributed by atoms with Crippen LogP contribution in [0.15, 0.2) is 34.5 Å². The summed E-state index contributed by atoms with van der Waals surface area (Å²) in [6, 6.07) is 6.70. The quantitative estimate of drug-likeness (QED) is 0.644. The zero-order valence-electron chi connectivity index (χ0n) is 13.1. The van der Waals surface area contributed by atoms with Crippen molar-refractivity contribution in [1.82, 2.24) is 14.8 Å². The third-order valence-electron chi connectivity index (χ3n) is 3.28. The van der Waals surface area contributed by atoms with Crippen LogP contribution in [0.3, 0.4) is 0 Å². The molecule has 0 aliphatic carbocycles. The van der Waals surface area contributed by atoms with Gasteiger partial charge in [-0.3, -0.25) is 4.68 Å². The first kappa shape index (κ1) is 16.9. The summed E-state index contributed by atoms with van der Waals surface area (Å²) in [7, 11) is -2.49. The molecule has 24 heavy (non-hydrogen) atoms. The molecule has 0 spiro atoms. The smallest absolute Gasteiger partial charge is 0.344 e. The summed E-state index contributed by atoms with van der Waals surface area (Å²) in [5.41, 5.74) is 2.13. The van der Waals surface area contributed by atoms with Crippen molar-refractivity contribution in [3.05, 3.63) is 46.2 Å². The normalized spacial score (nSPS) is 11.7. The van der Waals surface area contributed by atoms with E-state index in [1.807, 2.05) is 12.3 Å². The van der Waals surface area contributed by atoms with E-state index in [2.05, 4.69) is 10.1 Å². The second kappa shape index (κ2) is 6.19. The molecule has 0 amide bonds. The summed E-state index contributed by atoms with van der Waals surface area (Å²) in [6.07, 6.45) is 0. The molecule has 0 atom stereocenters. The van der Waals surface area contributed by atoms with Crippen molar-refractivity contribution in [2.45, 2.75) is 18.7 Å². The minimum atomic E-state index is -4.06. The molecular weight excluding hydrogens is 370 g/mol. The molecule has 0 aliphatic rings. The predicted octanol–water partition coefficient (Wildman–Crippen LogP) is 3.58. The maximum atomic E-state index is 12.4. The van der Waals surface area contributed by atoms with Crippen molar-refractivity contribution < 1.29 is 12.6 Å². The van der Waals surface area contributed by atoms with Gasteiger partial charge in [0.15, 0.2) is 4.90 Å². The lowest BCUT2D eigenvalue weighted by atomic mass is 10.2. The Morgan fingerprint density at radius 2 is 1.88 bits per heavy atom. The molecule has 126 valence electrons. The van der Waals surface area contributed by atoms with Crippen LogP contribution in [0.4, 0.5) is 0 Å². The molecular formula is C15H14ClN3O3S2. The Morgan fingerprint density at radius 1 is 1.21 bits per heavy atom. The standard InChI is InChI=1S/C15H14ClN3O3S2/c1-9-8-23-15(17-9)11-4-6-12(7-5-11)22-24(20,21)13-10(2)18-19(3)14(13)16/h4-8H,1-3H3. The van der Waals surface area contributed by atoms with E-state index in [0.717, 1.165) is 16.3 Å². The largest absolute Gasteiger partial charge is 0.379 e. The number of aryl methyl sites for hydroxylation is 3. The summed E-state index contributed by atoms with van der Waals surface area (Å²) >= 11 is 7.53. The Morgan fingerprint density at radius 3 is 2.38 bits per heavy atom. The highest BCUT2D eigenvalue weighted by Crippen LogP contribution is 2.29. The van der Waals surface area contributed by atoms with Crippen LogP contribution in [-0.4, -0.2) is 23.2 Å². The monoisotopic (exact) mass is 383 g/mol. The van der Waals surface area contributed by atoms with Crippen LogP contribution in [0.5, 0.6) is 5.75 Å². The highest BCUT2D eigenvalue weighted by Gasteiger charge is 2.27. The first-order chi connectivity index (χ1) is 11.3. The van der Waals surface area contributed by atoms with E-state index >= 15 is 0 Å². The average molecular weight is 384 g/mol. The van der Waals surface area contributed by atoms with Crippen LogP contribution in [-0.2, 0) is 17.2 Å². The van der Waals surface area contributed by atoms with E-state index in [1.165, 1.54) is 16.0 Å². The van der Waals surface area contributed by atoms with Gasteiger partial charge in [0.2, 0.25) is 0 Å². The Kier molecular flexibility index (Phi) is 4.37. The molecule has 0 unspecified atom stereocenters. The molecule has 0 saturated heterocycles. The van der Waals surface area contributed by atoms with E-state index < -0.39 is 10.1 Å². The number of rotatable bonds is 4. The molecule has 2 heterocycles. The van der Waals surface area contributed by atoms with Crippen molar-refractivity contribution in [1.29, 1.82) is 0 Å². The van der Waals surface area contributed by atoms with E-state index in [9.17, 15) is 8.42 Å². The number of hydrogen-bond donors (Lipinski definition) is 0. The second-order valence-electron chi connectivity index (χ2n) is 5.18. The molecule has 2 aromatic heterocycles. The van der Waals surface area contributed by atoms with Gasteiger partial charge in [0.25, 0.3) is 0 Å². The van der Waals surface area contributed by atoms with Crippen molar-refractivity contribution in [3.8, 4) is 16.3 Å². The Labute approximate surface area is 148 Å². The van der Waals surface area contributed by atoms with E-state index in [1.54, 1.807) is 38.2 Å². The summed E-state index contributed by atoms with van der Waals surface area (Å²) < 4.78 is 31.4. The number of nitrogens with zero attached hydrogens (tertiary/aromatic N) is 3. The molecule has 0 saturated carbocycles. The predicted molar refractivity (Wildman–Crippen MR) is 93.1 cm³/mol. The van der Waals surface area contributed by atoms with Crippen LogP contribution in [0.25, 0.3) is 10.6 Å². The topological polar surface area (TPSA) is 74.1 Å². The lowest BCUT2D eigenvalue weighted by Crippen LogP contribution is -2.11. The number of benzene rings is 1. The van der Waals surface area contributed by atoms with Gasteiger partial charge in [-0.25, -0.2) is 4.98 Å². The van der Waals surface area contributed by atoms with E-state index in [4.69, 9.17) is 15.8 Å². The van der Waals surface area contributed by atoms with Crippen molar-refractivity contribution in [2.75, 3.05) is 0 Å². The molecule has 3 rings (SSSR count).